The molecule has 5 rings (SSSR count). The number of anilines is 1. The van der Waals surface area contributed by atoms with E-state index in [1.54, 1.807) is 18.3 Å². The molecule has 1 aliphatic rings. The molecule has 0 aliphatic carbocycles. The van der Waals surface area contributed by atoms with Crippen molar-refractivity contribution in [3.63, 3.8) is 0 Å². The van der Waals surface area contributed by atoms with Crippen LogP contribution >= 0.6 is 23.2 Å². The third-order valence-corrected chi connectivity index (χ3v) is 6.14. The van der Waals surface area contributed by atoms with Crippen molar-refractivity contribution in [1.82, 2.24) is 24.9 Å². The highest BCUT2D eigenvalue weighted by Crippen LogP contribution is 2.24. The maximum atomic E-state index is 12.8. The molecule has 168 valence electrons. The van der Waals surface area contributed by atoms with Crippen molar-refractivity contribution in [2.45, 2.75) is 6.54 Å². The number of rotatable bonds is 5. The molecular formula is C23H20Cl2N6O2. The first-order valence-corrected chi connectivity index (χ1v) is 11.2. The smallest absolute Gasteiger partial charge is 0.292 e. The van der Waals surface area contributed by atoms with E-state index in [4.69, 9.17) is 27.6 Å². The molecule has 0 amide bonds. The molecule has 0 bridgehead atoms. The average Bonchev–Trinajstić information content (AvgIpc) is 3.31. The van der Waals surface area contributed by atoms with Crippen LogP contribution in [0.3, 0.4) is 0 Å². The van der Waals surface area contributed by atoms with Gasteiger partial charge in [0.25, 0.3) is 5.56 Å². The number of benzene rings is 2. The second kappa shape index (κ2) is 9.35. The molecule has 0 saturated carbocycles. The van der Waals surface area contributed by atoms with Gasteiger partial charge in [0, 0.05) is 36.8 Å². The number of piperazine rings is 1. The van der Waals surface area contributed by atoms with Crippen molar-refractivity contribution in [3.8, 4) is 17.1 Å². The lowest BCUT2D eigenvalue weighted by molar-refractivity contribution is 0.227. The number of nitrogens with zero attached hydrogens (tertiary/aromatic N) is 6. The summed E-state index contributed by atoms with van der Waals surface area (Å²) in [5, 5.41) is 13.5. The minimum atomic E-state index is -0.330. The predicted octanol–water partition coefficient (Wildman–Crippen LogP) is 3.91. The van der Waals surface area contributed by atoms with Gasteiger partial charge in [0.1, 0.15) is 5.02 Å². The molecule has 3 heterocycles. The molecule has 2 aromatic heterocycles. The van der Waals surface area contributed by atoms with Crippen LogP contribution in [0, 0.1) is 0 Å². The summed E-state index contributed by atoms with van der Waals surface area (Å²) in [7, 11) is 0. The minimum Gasteiger partial charge on any atom is -0.419 e. The normalized spacial score (nSPS) is 14.5. The molecule has 0 radical (unpaired) electrons. The van der Waals surface area contributed by atoms with E-state index in [0.29, 0.717) is 47.8 Å². The molecule has 1 fully saturated rings. The summed E-state index contributed by atoms with van der Waals surface area (Å²) in [4.78, 5) is 17.1. The van der Waals surface area contributed by atoms with Gasteiger partial charge < -0.3 is 9.32 Å². The molecule has 4 aromatic rings. The Hall–Kier alpha value is -3.20. The van der Waals surface area contributed by atoms with E-state index < -0.39 is 0 Å². The van der Waals surface area contributed by atoms with Gasteiger partial charge in [-0.3, -0.25) is 9.69 Å². The zero-order chi connectivity index (χ0) is 22.8. The van der Waals surface area contributed by atoms with Gasteiger partial charge in [-0.05, 0) is 36.4 Å². The first kappa shape index (κ1) is 21.6. The summed E-state index contributed by atoms with van der Waals surface area (Å²) >= 11 is 12.4. The van der Waals surface area contributed by atoms with Crippen LogP contribution in [0.1, 0.15) is 5.89 Å². The van der Waals surface area contributed by atoms with Crippen molar-refractivity contribution in [3.05, 3.63) is 87.1 Å². The third-order valence-electron chi connectivity index (χ3n) is 5.53. The molecule has 0 atom stereocenters. The van der Waals surface area contributed by atoms with E-state index in [1.165, 1.54) is 4.68 Å². The van der Waals surface area contributed by atoms with Gasteiger partial charge in [0.2, 0.25) is 11.8 Å². The van der Waals surface area contributed by atoms with Crippen LogP contribution < -0.4 is 10.5 Å². The number of aromatic nitrogens is 4. The van der Waals surface area contributed by atoms with Crippen molar-refractivity contribution in [2.75, 3.05) is 31.1 Å². The Balaban J connectivity index is 1.23. The van der Waals surface area contributed by atoms with Gasteiger partial charge in [-0.25, -0.2) is 0 Å². The van der Waals surface area contributed by atoms with Gasteiger partial charge in [0.05, 0.1) is 24.1 Å². The molecule has 1 aliphatic heterocycles. The Morgan fingerprint density at radius 3 is 2.36 bits per heavy atom. The zero-order valence-corrected chi connectivity index (χ0v) is 19.1. The van der Waals surface area contributed by atoms with Crippen LogP contribution in [0.2, 0.25) is 10.0 Å². The highest BCUT2D eigenvalue weighted by Gasteiger charge is 2.23. The molecule has 8 nitrogen and oxygen atoms in total. The molecule has 1 saturated heterocycles. The summed E-state index contributed by atoms with van der Waals surface area (Å²) in [5.74, 6) is 1.02. The molecule has 0 N–H and O–H groups in total. The largest absolute Gasteiger partial charge is 0.419 e. The van der Waals surface area contributed by atoms with E-state index in [2.05, 4.69) is 25.1 Å². The Morgan fingerprint density at radius 1 is 0.909 bits per heavy atom. The maximum absolute atomic E-state index is 12.8. The maximum Gasteiger partial charge on any atom is 0.292 e. The Labute approximate surface area is 200 Å². The topological polar surface area (TPSA) is 80.3 Å². The standard InChI is InChI=1S/C23H20Cl2N6O2/c24-17-8-6-16(7-9-17)22-28-27-20(33-22)15-29-10-12-30(13-11-29)19-14-26-31(23(32)21(19)25)18-4-2-1-3-5-18/h1-9,14H,10-13,15H2. The second-order valence-corrected chi connectivity index (χ2v) is 8.48. The fourth-order valence-electron chi connectivity index (χ4n) is 3.76. The quantitative estimate of drug-likeness (QED) is 0.426. The molecule has 10 heteroatoms. The molecule has 33 heavy (non-hydrogen) atoms. The summed E-state index contributed by atoms with van der Waals surface area (Å²) in [6, 6.07) is 16.5. The second-order valence-electron chi connectivity index (χ2n) is 7.67. The van der Waals surface area contributed by atoms with E-state index >= 15 is 0 Å². The highest BCUT2D eigenvalue weighted by molar-refractivity contribution is 6.33. The summed E-state index contributed by atoms with van der Waals surface area (Å²) in [6.07, 6.45) is 1.66. The zero-order valence-electron chi connectivity index (χ0n) is 17.6. The monoisotopic (exact) mass is 482 g/mol. The van der Waals surface area contributed by atoms with Gasteiger partial charge in [-0.1, -0.05) is 41.4 Å². The van der Waals surface area contributed by atoms with Crippen LogP contribution in [0.15, 0.2) is 70.0 Å². The van der Waals surface area contributed by atoms with Gasteiger partial charge in [-0.2, -0.15) is 9.78 Å². The lowest BCUT2D eigenvalue weighted by Gasteiger charge is -2.35. The number of halogens is 2. The Bertz CT molecular complexity index is 1300. The lowest BCUT2D eigenvalue weighted by Crippen LogP contribution is -2.46. The first-order valence-electron chi connectivity index (χ1n) is 10.5. The van der Waals surface area contributed by atoms with E-state index in [1.807, 2.05) is 42.5 Å². The van der Waals surface area contributed by atoms with Crippen LogP contribution in [0.5, 0.6) is 0 Å². The lowest BCUT2D eigenvalue weighted by atomic mass is 10.2. The van der Waals surface area contributed by atoms with Gasteiger partial charge >= 0.3 is 0 Å². The van der Waals surface area contributed by atoms with E-state index in [9.17, 15) is 4.79 Å². The Morgan fingerprint density at radius 2 is 1.64 bits per heavy atom. The van der Waals surface area contributed by atoms with Crippen molar-refractivity contribution in [1.29, 1.82) is 0 Å². The average molecular weight is 483 g/mol. The number of hydrogen-bond acceptors (Lipinski definition) is 7. The van der Waals surface area contributed by atoms with E-state index in [-0.39, 0.29) is 10.6 Å². The SMILES string of the molecule is O=c1c(Cl)c(N2CCN(Cc3nnc(-c4ccc(Cl)cc4)o3)CC2)cnn1-c1ccccc1. The summed E-state index contributed by atoms with van der Waals surface area (Å²) in [5.41, 5.74) is 1.83. The Kier molecular flexibility index (Phi) is 6.13. The number of para-hydroxylation sites is 1. The van der Waals surface area contributed by atoms with Crippen LogP contribution in [0.4, 0.5) is 5.69 Å². The number of hydrogen-bond donors (Lipinski definition) is 0. The van der Waals surface area contributed by atoms with Crippen molar-refractivity contribution in [2.24, 2.45) is 0 Å². The van der Waals surface area contributed by atoms with Crippen LogP contribution in [-0.4, -0.2) is 51.1 Å². The first-order chi connectivity index (χ1) is 16.1. The van der Waals surface area contributed by atoms with Crippen molar-refractivity contribution < 1.29 is 4.42 Å². The predicted molar refractivity (Wildman–Crippen MR) is 127 cm³/mol. The summed E-state index contributed by atoms with van der Waals surface area (Å²) < 4.78 is 7.13. The molecular weight excluding hydrogens is 463 g/mol. The van der Waals surface area contributed by atoms with Crippen LogP contribution in [0.25, 0.3) is 17.1 Å². The molecule has 0 unspecified atom stereocenters. The highest BCUT2D eigenvalue weighted by atomic mass is 35.5. The van der Waals surface area contributed by atoms with Gasteiger partial charge in [-0.15, -0.1) is 10.2 Å². The fourth-order valence-corrected chi connectivity index (χ4v) is 4.14. The van der Waals surface area contributed by atoms with Crippen molar-refractivity contribution >= 4 is 28.9 Å². The fraction of sp³-hybridized carbons (Fsp3) is 0.217. The van der Waals surface area contributed by atoms with Crippen LogP contribution in [-0.2, 0) is 6.54 Å². The molecule has 0 spiro atoms. The van der Waals surface area contributed by atoms with Gasteiger partial charge in [0.15, 0.2) is 0 Å². The minimum absolute atomic E-state index is 0.173. The van der Waals surface area contributed by atoms with E-state index in [0.717, 1.165) is 18.7 Å². The summed E-state index contributed by atoms with van der Waals surface area (Å²) in [6.45, 7) is 3.48. The molecule has 2 aromatic carbocycles. The third kappa shape index (κ3) is 4.64.